The van der Waals surface area contributed by atoms with E-state index in [9.17, 15) is 18.3 Å². The monoisotopic (exact) mass is 296 g/mol. The van der Waals surface area contributed by atoms with E-state index in [1.807, 2.05) is 20.8 Å². The van der Waals surface area contributed by atoms with E-state index in [0.29, 0.717) is 6.42 Å². The number of hydrogen-bond acceptors (Lipinski definition) is 5. The van der Waals surface area contributed by atoms with Crippen molar-refractivity contribution in [2.75, 3.05) is 6.54 Å². The molecule has 1 atom stereocenters. The predicted octanol–water partition coefficient (Wildman–Crippen LogP) is 0.752. The summed E-state index contributed by atoms with van der Waals surface area (Å²) in [6.45, 7) is 8.84. The number of rotatable bonds is 6. The van der Waals surface area contributed by atoms with E-state index in [2.05, 4.69) is 9.46 Å². The fraction of sp³-hybridized carbons (Fsp3) is 0.909. The molecule has 0 aliphatic rings. The third kappa shape index (κ3) is 10.7. The maximum absolute atomic E-state index is 11.5. The Labute approximate surface area is 114 Å². The lowest BCUT2D eigenvalue weighted by molar-refractivity contribution is 0.119. The first-order valence-corrected chi connectivity index (χ1v) is 7.56. The van der Waals surface area contributed by atoms with Crippen LogP contribution in [0.2, 0.25) is 0 Å². The average Bonchev–Trinajstić information content (AvgIpc) is 2.09. The number of carbonyl (C=O) groups excluding carboxylic acids is 1. The van der Waals surface area contributed by atoms with E-state index < -0.39 is 28.5 Å². The second kappa shape index (κ2) is 7.06. The molecule has 0 fully saturated rings. The highest BCUT2D eigenvalue weighted by molar-refractivity contribution is 7.88. The molecule has 0 aromatic heterocycles. The van der Waals surface area contributed by atoms with Crippen molar-refractivity contribution >= 4 is 16.3 Å². The van der Waals surface area contributed by atoms with Crippen LogP contribution in [0, 0.1) is 5.41 Å². The van der Waals surface area contributed by atoms with Crippen molar-refractivity contribution in [3.8, 4) is 0 Å². The molecule has 0 radical (unpaired) electrons. The van der Waals surface area contributed by atoms with Gasteiger partial charge in [-0.25, -0.2) is 9.52 Å². The summed E-state index contributed by atoms with van der Waals surface area (Å²) in [6, 6.07) is 0. The lowest BCUT2D eigenvalue weighted by atomic mass is 9.89. The van der Waals surface area contributed by atoms with Gasteiger partial charge in [-0.15, -0.1) is 0 Å². The van der Waals surface area contributed by atoms with Crippen LogP contribution in [0.3, 0.4) is 0 Å². The normalized spacial score (nSPS) is 14.3. The van der Waals surface area contributed by atoms with E-state index >= 15 is 0 Å². The number of amides is 1. The molecule has 0 spiro atoms. The van der Waals surface area contributed by atoms with Gasteiger partial charge in [0.15, 0.2) is 0 Å². The van der Waals surface area contributed by atoms with Crippen LogP contribution in [0.4, 0.5) is 4.79 Å². The van der Waals surface area contributed by atoms with E-state index in [-0.39, 0.29) is 12.0 Å². The third-order valence-electron chi connectivity index (χ3n) is 1.92. The fourth-order valence-corrected chi connectivity index (χ4v) is 2.12. The van der Waals surface area contributed by atoms with Crippen molar-refractivity contribution in [1.29, 1.82) is 0 Å². The molecule has 0 aromatic carbocycles. The van der Waals surface area contributed by atoms with Gasteiger partial charge in [-0.05, 0) is 25.7 Å². The Kier molecular flexibility index (Phi) is 6.74. The summed E-state index contributed by atoms with van der Waals surface area (Å²) in [7, 11) is -4.01. The molecule has 0 aliphatic carbocycles. The first-order chi connectivity index (χ1) is 8.41. The second-order valence-electron chi connectivity index (χ2n) is 5.83. The molecule has 114 valence electrons. The van der Waals surface area contributed by atoms with Crippen molar-refractivity contribution in [2.24, 2.45) is 5.41 Å². The number of aliphatic hydroxyl groups is 1. The fourth-order valence-electron chi connectivity index (χ4n) is 1.37. The molecule has 0 bridgehead atoms. The highest BCUT2D eigenvalue weighted by Crippen LogP contribution is 2.20. The number of ether oxygens (including phenoxy) is 1. The molecule has 0 rings (SSSR count). The lowest BCUT2D eigenvalue weighted by Gasteiger charge is -2.22. The zero-order chi connectivity index (χ0) is 15.3. The summed E-state index contributed by atoms with van der Waals surface area (Å²) in [5.74, 6) is 0. The van der Waals surface area contributed by atoms with Crippen LogP contribution in [-0.2, 0) is 14.9 Å². The van der Waals surface area contributed by atoms with Gasteiger partial charge in [-0.2, -0.15) is 13.1 Å². The highest BCUT2D eigenvalue weighted by atomic mass is 32.2. The predicted molar refractivity (Wildman–Crippen MR) is 71.8 cm³/mol. The van der Waals surface area contributed by atoms with Gasteiger partial charge in [0.25, 0.3) is 0 Å². The zero-order valence-corrected chi connectivity index (χ0v) is 12.9. The first kappa shape index (κ1) is 18.1. The Bertz CT molecular complexity index is 386. The van der Waals surface area contributed by atoms with Crippen molar-refractivity contribution in [2.45, 2.75) is 53.2 Å². The molecule has 0 saturated carbocycles. The van der Waals surface area contributed by atoms with Crippen molar-refractivity contribution in [3.05, 3.63) is 0 Å². The van der Waals surface area contributed by atoms with E-state index in [4.69, 9.17) is 0 Å². The van der Waals surface area contributed by atoms with Gasteiger partial charge in [0.05, 0.1) is 12.2 Å². The molecule has 7 nitrogen and oxygen atoms in total. The summed E-state index contributed by atoms with van der Waals surface area (Å²) >= 11 is 0. The maximum atomic E-state index is 11.5. The SMILES string of the molecule is CC(C)OC(=O)NS(=O)(=O)NCC(O)CC(C)(C)C. The number of hydrogen-bond donors (Lipinski definition) is 3. The molecule has 0 heterocycles. The minimum Gasteiger partial charge on any atom is -0.446 e. The van der Waals surface area contributed by atoms with Gasteiger partial charge < -0.3 is 9.84 Å². The van der Waals surface area contributed by atoms with Gasteiger partial charge in [0.1, 0.15) is 0 Å². The molecular formula is C11H24N2O5S. The number of aliphatic hydroxyl groups excluding tert-OH is 1. The summed E-state index contributed by atoms with van der Waals surface area (Å²) in [4.78, 5) is 11.1. The quantitative estimate of drug-likeness (QED) is 0.671. The molecule has 0 aromatic rings. The van der Waals surface area contributed by atoms with E-state index in [1.54, 1.807) is 18.6 Å². The molecular weight excluding hydrogens is 272 g/mol. The highest BCUT2D eigenvalue weighted by Gasteiger charge is 2.20. The van der Waals surface area contributed by atoms with Crippen molar-refractivity contribution < 1.29 is 23.1 Å². The van der Waals surface area contributed by atoms with Crippen LogP contribution in [0.5, 0.6) is 0 Å². The minimum atomic E-state index is -4.01. The standard InChI is InChI=1S/C11H24N2O5S/c1-8(2)18-10(15)13-19(16,17)12-7-9(14)6-11(3,4)5/h8-9,12,14H,6-7H2,1-5H3,(H,13,15). The van der Waals surface area contributed by atoms with Gasteiger partial charge in [-0.3, -0.25) is 0 Å². The van der Waals surface area contributed by atoms with Crippen LogP contribution >= 0.6 is 0 Å². The van der Waals surface area contributed by atoms with Gasteiger partial charge >= 0.3 is 16.3 Å². The molecule has 1 amide bonds. The third-order valence-corrected chi connectivity index (χ3v) is 2.90. The van der Waals surface area contributed by atoms with Crippen LogP contribution < -0.4 is 9.44 Å². The minimum absolute atomic E-state index is 0.116. The average molecular weight is 296 g/mol. The summed E-state index contributed by atoms with van der Waals surface area (Å²) < 4.78 is 31.3. The van der Waals surface area contributed by atoms with Gasteiger partial charge in [0.2, 0.25) is 0 Å². The van der Waals surface area contributed by atoms with Crippen LogP contribution in [0.1, 0.15) is 41.0 Å². The van der Waals surface area contributed by atoms with E-state index in [0.717, 1.165) is 0 Å². The molecule has 8 heteroatoms. The molecule has 0 saturated heterocycles. The summed E-state index contributed by atoms with van der Waals surface area (Å²) in [5, 5.41) is 9.66. The lowest BCUT2D eigenvalue weighted by Crippen LogP contribution is -2.44. The van der Waals surface area contributed by atoms with Crippen molar-refractivity contribution in [1.82, 2.24) is 9.44 Å². The Balaban J connectivity index is 4.21. The van der Waals surface area contributed by atoms with Crippen LogP contribution in [-0.4, -0.2) is 38.4 Å². The Hall–Kier alpha value is -0.860. The van der Waals surface area contributed by atoms with Crippen molar-refractivity contribution in [3.63, 3.8) is 0 Å². The number of nitrogens with one attached hydrogen (secondary N) is 2. The summed E-state index contributed by atoms with van der Waals surface area (Å²) in [6.07, 6.45) is -1.85. The number of carbonyl (C=O) groups is 1. The Morgan fingerprint density at radius 2 is 1.84 bits per heavy atom. The largest absolute Gasteiger partial charge is 0.446 e. The Morgan fingerprint density at radius 3 is 2.26 bits per heavy atom. The van der Waals surface area contributed by atoms with E-state index in [1.165, 1.54) is 0 Å². The Morgan fingerprint density at radius 1 is 1.32 bits per heavy atom. The molecule has 1 unspecified atom stereocenters. The summed E-state index contributed by atoms with van der Waals surface area (Å²) in [5.41, 5.74) is -0.116. The van der Waals surface area contributed by atoms with Crippen LogP contribution in [0.15, 0.2) is 0 Å². The maximum Gasteiger partial charge on any atom is 0.422 e. The smallest absolute Gasteiger partial charge is 0.422 e. The second-order valence-corrected chi connectivity index (χ2v) is 7.33. The molecule has 0 aliphatic heterocycles. The van der Waals surface area contributed by atoms with Crippen LogP contribution in [0.25, 0.3) is 0 Å². The topological polar surface area (TPSA) is 105 Å². The zero-order valence-electron chi connectivity index (χ0n) is 12.1. The first-order valence-electron chi connectivity index (χ1n) is 6.07. The molecule has 3 N–H and O–H groups in total. The van der Waals surface area contributed by atoms with Gasteiger partial charge in [-0.1, -0.05) is 20.8 Å². The molecule has 19 heavy (non-hydrogen) atoms. The van der Waals surface area contributed by atoms with Gasteiger partial charge in [0, 0.05) is 6.54 Å².